The van der Waals surface area contributed by atoms with Crippen molar-refractivity contribution >= 4 is 0 Å². The Hall–Kier alpha value is -1.75. The molecular weight excluding hydrogens is 228 g/mol. The molecule has 0 aliphatic carbocycles. The fraction of sp³-hybridized carbons (Fsp3) is 0.462. The Labute approximate surface area is 107 Å². The predicted molar refractivity (Wildman–Crippen MR) is 67.7 cm³/mol. The fourth-order valence-electron chi connectivity index (χ4n) is 1.67. The molecule has 18 heavy (non-hydrogen) atoms. The van der Waals surface area contributed by atoms with Gasteiger partial charge in [0.1, 0.15) is 5.60 Å². The first-order chi connectivity index (χ1) is 8.39. The molecule has 2 heterocycles. The average molecular weight is 245 g/mol. The normalized spacial score (nSPS) is 12.1. The molecule has 2 aromatic rings. The molecule has 0 saturated heterocycles. The summed E-state index contributed by atoms with van der Waals surface area (Å²) < 4.78 is 1.74. The lowest BCUT2D eigenvalue weighted by Gasteiger charge is -2.18. The van der Waals surface area contributed by atoms with Crippen molar-refractivity contribution in [2.24, 2.45) is 0 Å². The molecule has 0 amide bonds. The summed E-state index contributed by atoms with van der Waals surface area (Å²) in [5, 5.41) is 14.6. The molecule has 95 valence electrons. The summed E-state index contributed by atoms with van der Waals surface area (Å²) >= 11 is 0. The molecule has 1 N–H and O–H groups in total. The monoisotopic (exact) mass is 245 g/mol. The third-order valence-electron chi connectivity index (χ3n) is 2.53. The van der Waals surface area contributed by atoms with Gasteiger partial charge in [0.15, 0.2) is 11.6 Å². The van der Waals surface area contributed by atoms with Crippen LogP contribution in [-0.2, 0) is 5.60 Å². The molecule has 1 radical (unpaired) electrons. The van der Waals surface area contributed by atoms with Crippen LogP contribution in [0.5, 0.6) is 0 Å². The van der Waals surface area contributed by atoms with Gasteiger partial charge in [-0.25, -0.2) is 9.67 Å². The van der Waals surface area contributed by atoms with Crippen LogP contribution in [0.3, 0.4) is 0 Å². The Kier molecular flexibility index (Phi) is 3.17. The van der Waals surface area contributed by atoms with Crippen LogP contribution < -0.4 is 0 Å². The summed E-state index contributed by atoms with van der Waals surface area (Å²) in [7, 11) is 0. The molecule has 2 rings (SSSR count). The van der Waals surface area contributed by atoms with E-state index in [-0.39, 0.29) is 6.04 Å². The predicted octanol–water partition coefficient (Wildman–Crippen LogP) is 1.95. The molecule has 5 nitrogen and oxygen atoms in total. The van der Waals surface area contributed by atoms with E-state index in [4.69, 9.17) is 0 Å². The summed E-state index contributed by atoms with van der Waals surface area (Å²) in [5.41, 5.74) is -0.232. The molecular formula is C13H17N4O. The lowest BCUT2D eigenvalue weighted by Crippen LogP contribution is -2.23. The minimum atomic E-state index is -1.03. The van der Waals surface area contributed by atoms with Crippen molar-refractivity contribution in [1.29, 1.82) is 0 Å². The molecule has 0 aliphatic rings. The van der Waals surface area contributed by atoms with Crippen LogP contribution in [0.4, 0.5) is 0 Å². The highest BCUT2D eigenvalue weighted by molar-refractivity contribution is 5.52. The van der Waals surface area contributed by atoms with E-state index < -0.39 is 5.60 Å². The Bertz CT molecular complexity index is 526. The molecule has 0 spiro atoms. The summed E-state index contributed by atoms with van der Waals surface area (Å²) in [5.74, 6) is 1.11. The van der Waals surface area contributed by atoms with Crippen LogP contribution in [-0.4, -0.2) is 24.9 Å². The maximum atomic E-state index is 10.1. The second-order valence-electron chi connectivity index (χ2n) is 5.03. The zero-order chi connectivity index (χ0) is 13.3. The van der Waals surface area contributed by atoms with Crippen LogP contribution in [0.25, 0.3) is 11.4 Å². The van der Waals surface area contributed by atoms with E-state index in [9.17, 15) is 5.11 Å². The third-order valence-corrected chi connectivity index (χ3v) is 2.53. The van der Waals surface area contributed by atoms with E-state index in [1.807, 2.05) is 13.8 Å². The molecule has 0 saturated carbocycles. The lowest BCUT2D eigenvalue weighted by atomic mass is 10.1. The van der Waals surface area contributed by atoms with Gasteiger partial charge in [-0.15, -0.1) is 0 Å². The smallest absolute Gasteiger partial charge is 0.183 e. The van der Waals surface area contributed by atoms with Crippen molar-refractivity contribution in [2.75, 3.05) is 0 Å². The molecule has 0 unspecified atom stereocenters. The van der Waals surface area contributed by atoms with Crippen LogP contribution in [0.1, 0.15) is 39.6 Å². The molecule has 2 aromatic heterocycles. The Balaban J connectivity index is 2.53. The topological polar surface area (TPSA) is 63.8 Å². The van der Waals surface area contributed by atoms with Crippen molar-refractivity contribution in [3.05, 3.63) is 30.4 Å². The Morgan fingerprint density at radius 2 is 2.11 bits per heavy atom. The van der Waals surface area contributed by atoms with Gasteiger partial charge in [-0.2, -0.15) is 5.10 Å². The van der Waals surface area contributed by atoms with Crippen molar-refractivity contribution in [3.63, 3.8) is 0 Å². The van der Waals surface area contributed by atoms with Crippen LogP contribution in [0, 0.1) is 6.07 Å². The standard InChI is InChI=1S/C13H17N4O/c1-9(2)17-12(13(3,4)18)15-11(16-17)10-6-5-7-14-8-10/h6-9,18H,1-4H3. The number of aromatic nitrogens is 4. The lowest BCUT2D eigenvalue weighted by molar-refractivity contribution is 0.0621. The molecule has 0 aromatic carbocycles. The van der Waals surface area contributed by atoms with Gasteiger partial charge in [0.25, 0.3) is 0 Å². The molecule has 0 fully saturated rings. The number of aliphatic hydroxyl groups is 1. The van der Waals surface area contributed by atoms with Gasteiger partial charge in [-0.05, 0) is 33.8 Å². The van der Waals surface area contributed by atoms with Gasteiger partial charge in [-0.1, -0.05) is 0 Å². The summed E-state index contributed by atoms with van der Waals surface area (Å²) in [6.07, 6.45) is 3.27. The highest BCUT2D eigenvalue weighted by Crippen LogP contribution is 2.24. The Morgan fingerprint density at radius 3 is 2.56 bits per heavy atom. The summed E-state index contributed by atoms with van der Waals surface area (Å²) in [6.45, 7) is 7.41. The highest BCUT2D eigenvalue weighted by atomic mass is 16.3. The Morgan fingerprint density at radius 1 is 1.39 bits per heavy atom. The van der Waals surface area contributed by atoms with E-state index >= 15 is 0 Å². The summed E-state index contributed by atoms with van der Waals surface area (Å²) in [6, 6.07) is 4.80. The average Bonchev–Trinajstić information content (AvgIpc) is 2.74. The third kappa shape index (κ3) is 2.41. The van der Waals surface area contributed by atoms with Crippen LogP contribution >= 0.6 is 0 Å². The van der Waals surface area contributed by atoms with Crippen molar-refractivity contribution < 1.29 is 5.11 Å². The van der Waals surface area contributed by atoms with Crippen molar-refractivity contribution in [3.8, 4) is 11.4 Å². The fourth-order valence-corrected chi connectivity index (χ4v) is 1.67. The molecule has 5 heteroatoms. The van der Waals surface area contributed by atoms with Gasteiger partial charge in [-0.3, -0.25) is 4.98 Å². The van der Waals surface area contributed by atoms with Gasteiger partial charge in [0, 0.05) is 30.1 Å². The van der Waals surface area contributed by atoms with Crippen molar-refractivity contribution in [1.82, 2.24) is 19.7 Å². The van der Waals surface area contributed by atoms with Gasteiger partial charge in [0.05, 0.1) is 0 Å². The van der Waals surface area contributed by atoms with E-state index in [2.05, 4.69) is 21.1 Å². The number of hydrogen-bond donors (Lipinski definition) is 1. The molecule has 0 bridgehead atoms. The van der Waals surface area contributed by atoms with E-state index in [0.29, 0.717) is 11.6 Å². The molecule has 0 atom stereocenters. The zero-order valence-electron chi connectivity index (χ0n) is 11.0. The number of nitrogens with zero attached hydrogens (tertiary/aromatic N) is 4. The van der Waals surface area contributed by atoms with Gasteiger partial charge < -0.3 is 5.11 Å². The second kappa shape index (κ2) is 4.49. The number of rotatable bonds is 3. The van der Waals surface area contributed by atoms with E-state index in [1.165, 1.54) is 0 Å². The SMILES string of the molecule is CC(C)n1nc(-c2c[c]cnc2)nc1C(C)(C)O. The van der Waals surface area contributed by atoms with E-state index in [1.54, 1.807) is 37.0 Å². The second-order valence-corrected chi connectivity index (χ2v) is 5.03. The quantitative estimate of drug-likeness (QED) is 0.897. The first kappa shape index (κ1) is 12.7. The summed E-state index contributed by atoms with van der Waals surface area (Å²) in [4.78, 5) is 8.41. The first-order valence-corrected chi connectivity index (χ1v) is 5.90. The first-order valence-electron chi connectivity index (χ1n) is 5.90. The zero-order valence-corrected chi connectivity index (χ0v) is 11.0. The van der Waals surface area contributed by atoms with Crippen LogP contribution in [0.2, 0.25) is 0 Å². The minimum absolute atomic E-state index is 0.133. The van der Waals surface area contributed by atoms with Gasteiger partial charge >= 0.3 is 0 Å². The number of hydrogen-bond acceptors (Lipinski definition) is 4. The van der Waals surface area contributed by atoms with Crippen LogP contribution in [0.15, 0.2) is 18.5 Å². The molecule has 0 aliphatic heterocycles. The van der Waals surface area contributed by atoms with E-state index in [0.717, 1.165) is 5.56 Å². The number of pyridine rings is 1. The maximum Gasteiger partial charge on any atom is 0.183 e. The minimum Gasteiger partial charge on any atom is -0.382 e. The highest BCUT2D eigenvalue weighted by Gasteiger charge is 2.26. The largest absolute Gasteiger partial charge is 0.382 e. The maximum absolute atomic E-state index is 10.1. The van der Waals surface area contributed by atoms with Crippen molar-refractivity contribution in [2.45, 2.75) is 39.3 Å². The van der Waals surface area contributed by atoms with Gasteiger partial charge in [0.2, 0.25) is 0 Å².